The van der Waals surface area contributed by atoms with Crippen molar-refractivity contribution in [3.8, 4) is 0 Å². The van der Waals surface area contributed by atoms with Gasteiger partial charge < -0.3 is 10.2 Å². The molecule has 1 saturated heterocycles. The van der Waals surface area contributed by atoms with Crippen LogP contribution in [-0.4, -0.2) is 23.9 Å². The first-order valence-corrected chi connectivity index (χ1v) is 8.40. The summed E-state index contributed by atoms with van der Waals surface area (Å²) in [6.45, 7) is 3.25. The molecule has 1 fully saturated rings. The molecule has 0 radical (unpaired) electrons. The van der Waals surface area contributed by atoms with Gasteiger partial charge in [0, 0.05) is 19.0 Å². The van der Waals surface area contributed by atoms with E-state index in [2.05, 4.69) is 29.6 Å². The van der Waals surface area contributed by atoms with E-state index in [-0.39, 0.29) is 5.92 Å². The standard InChI is InChI=1S/C20H24N2O/c23-20(19-11-13-21-14-12-19)22(15-17-7-3-1-4-8-17)16-18-9-5-2-6-10-18/h1-10,19,21H,11-16H2. The van der Waals surface area contributed by atoms with Crippen LogP contribution in [-0.2, 0) is 17.9 Å². The maximum atomic E-state index is 13.0. The van der Waals surface area contributed by atoms with Crippen molar-refractivity contribution in [3.63, 3.8) is 0 Å². The van der Waals surface area contributed by atoms with Crippen LogP contribution in [0.5, 0.6) is 0 Å². The number of nitrogens with zero attached hydrogens (tertiary/aromatic N) is 1. The molecular formula is C20H24N2O. The Morgan fingerprint density at radius 1 is 0.870 bits per heavy atom. The van der Waals surface area contributed by atoms with Crippen molar-refractivity contribution >= 4 is 5.91 Å². The molecule has 0 aromatic heterocycles. The summed E-state index contributed by atoms with van der Waals surface area (Å²) in [6, 6.07) is 20.5. The Hall–Kier alpha value is -2.13. The van der Waals surface area contributed by atoms with Gasteiger partial charge >= 0.3 is 0 Å². The fraction of sp³-hybridized carbons (Fsp3) is 0.350. The monoisotopic (exact) mass is 308 g/mol. The summed E-state index contributed by atoms with van der Waals surface area (Å²) in [5.41, 5.74) is 2.37. The summed E-state index contributed by atoms with van der Waals surface area (Å²) < 4.78 is 0. The second-order valence-corrected chi connectivity index (χ2v) is 6.19. The van der Waals surface area contributed by atoms with Gasteiger partial charge in [-0.1, -0.05) is 60.7 Å². The Kier molecular flexibility index (Phi) is 5.43. The Morgan fingerprint density at radius 2 is 1.35 bits per heavy atom. The third kappa shape index (κ3) is 4.42. The van der Waals surface area contributed by atoms with E-state index in [1.54, 1.807) is 0 Å². The Balaban J connectivity index is 1.76. The lowest BCUT2D eigenvalue weighted by atomic mass is 9.96. The number of rotatable bonds is 5. The Bertz CT molecular complexity index is 565. The molecule has 0 unspecified atom stereocenters. The molecule has 0 aliphatic carbocycles. The lowest BCUT2D eigenvalue weighted by molar-refractivity contribution is -0.137. The minimum absolute atomic E-state index is 0.156. The number of hydrogen-bond donors (Lipinski definition) is 1. The number of carbonyl (C=O) groups is 1. The molecule has 1 N–H and O–H groups in total. The van der Waals surface area contributed by atoms with Crippen LogP contribution >= 0.6 is 0 Å². The molecule has 120 valence electrons. The fourth-order valence-electron chi connectivity index (χ4n) is 3.15. The highest BCUT2D eigenvalue weighted by Crippen LogP contribution is 2.19. The van der Waals surface area contributed by atoms with Crippen molar-refractivity contribution in [2.75, 3.05) is 13.1 Å². The maximum Gasteiger partial charge on any atom is 0.226 e. The number of piperidine rings is 1. The SMILES string of the molecule is O=C(C1CCNCC1)N(Cc1ccccc1)Cc1ccccc1. The first-order valence-electron chi connectivity index (χ1n) is 8.40. The van der Waals surface area contributed by atoms with E-state index in [0.29, 0.717) is 19.0 Å². The van der Waals surface area contributed by atoms with Crippen LogP contribution in [0.15, 0.2) is 60.7 Å². The van der Waals surface area contributed by atoms with Crippen molar-refractivity contribution in [3.05, 3.63) is 71.8 Å². The van der Waals surface area contributed by atoms with Crippen molar-refractivity contribution in [2.24, 2.45) is 5.92 Å². The molecule has 0 atom stereocenters. The highest BCUT2D eigenvalue weighted by atomic mass is 16.2. The maximum absolute atomic E-state index is 13.0. The average molecular weight is 308 g/mol. The quantitative estimate of drug-likeness (QED) is 0.920. The topological polar surface area (TPSA) is 32.3 Å². The number of amides is 1. The minimum atomic E-state index is 0.156. The summed E-state index contributed by atoms with van der Waals surface area (Å²) in [7, 11) is 0. The highest BCUT2D eigenvalue weighted by molar-refractivity contribution is 5.79. The van der Waals surface area contributed by atoms with E-state index in [1.165, 1.54) is 11.1 Å². The van der Waals surface area contributed by atoms with Gasteiger partial charge in [0.25, 0.3) is 0 Å². The smallest absolute Gasteiger partial charge is 0.226 e. The Morgan fingerprint density at radius 3 is 1.83 bits per heavy atom. The molecule has 0 bridgehead atoms. The van der Waals surface area contributed by atoms with E-state index in [0.717, 1.165) is 25.9 Å². The molecule has 2 aromatic carbocycles. The van der Waals surface area contributed by atoms with Crippen LogP contribution in [0.3, 0.4) is 0 Å². The van der Waals surface area contributed by atoms with Crippen LogP contribution in [0.25, 0.3) is 0 Å². The van der Waals surface area contributed by atoms with Crippen LogP contribution in [0.4, 0.5) is 0 Å². The van der Waals surface area contributed by atoms with Gasteiger partial charge in [-0.2, -0.15) is 0 Å². The summed E-state index contributed by atoms with van der Waals surface area (Å²) in [4.78, 5) is 15.0. The zero-order valence-electron chi connectivity index (χ0n) is 13.4. The van der Waals surface area contributed by atoms with Gasteiger partial charge in [0.2, 0.25) is 5.91 Å². The van der Waals surface area contributed by atoms with Gasteiger partial charge in [-0.05, 0) is 37.1 Å². The van der Waals surface area contributed by atoms with E-state index in [9.17, 15) is 4.79 Å². The van der Waals surface area contributed by atoms with Crippen molar-refractivity contribution in [1.29, 1.82) is 0 Å². The molecule has 3 heteroatoms. The molecule has 1 amide bonds. The van der Waals surface area contributed by atoms with Crippen molar-refractivity contribution in [1.82, 2.24) is 10.2 Å². The molecule has 1 heterocycles. The number of nitrogens with one attached hydrogen (secondary N) is 1. The molecule has 1 aliphatic rings. The van der Waals surface area contributed by atoms with Gasteiger partial charge in [-0.3, -0.25) is 4.79 Å². The lowest BCUT2D eigenvalue weighted by Gasteiger charge is -2.30. The molecule has 23 heavy (non-hydrogen) atoms. The normalized spacial score (nSPS) is 15.3. The van der Waals surface area contributed by atoms with E-state index in [1.807, 2.05) is 41.3 Å². The molecule has 1 aliphatic heterocycles. The third-order valence-corrected chi connectivity index (χ3v) is 4.43. The molecule has 0 saturated carbocycles. The molecule has 3 rings (SSSR count). The van der Waals surface area contributed by atoms with Gasteiger partial charge in [-0.25, -0.2) is 0 Å². The van der Waals surface area contributed by atoms with Gasteiger partial charge in [0.05, 0.1) is 0 Å². The fourth-order valence-corrected chi connectivity index (χ4v) is 3.15. The summed E-state index contributed by atoms with van der Waals surface area (Å²) in [5, 5.41) is 3.34. The first-order chi connectivity index (χ1) is 11.3. The summed E-state index contributed by atoms with van der Waals surface area (Å²) in [5.74, 6) is 0.447. The summed E-state index contributed by atoms with van der Waals surface area (Å²) in [6.07, 6.45) is 1.89. The predicted molar refractivity (Wildman–Crippen MR) is 92.7 cm³/mol. The Labute approximate surface area is 138 Å². The average Bonchev–Trinajstić information content (AvgIpc) is 2.63. The van der Waals surface area contributed by atoms with Crippen LogP contribution in [0, 0.1) is 5.92 Å². The number of benzene rings is 2. The third-order valence-electron chi connectivity index (χ3n) is 4.43. The highest BCUT2D eigenvalue weighted by Gasteiger charge is 2.26. The summed E-state index contributed by atoms with van der Waals surface area (Å²) >= 11 is 0. The lowest BCUT2D eigenvalue weighted by Crippen LogP contribution is -2.40. The predicted octanol–water partition coefficient (Wildman–Crippen LogP) is 3.22. The minimum Gasteiger partial charge on any atom is -0.334 e. The first kappa shape index (κ1) is 15.8. The largest absolute Gasteiger partial charge is 0.334 e. The van der Waals surface area contributed by atoms with E-state index < -0.39 is 0 Å². The van der Waals surface area contributed by atoms with Crippen LogP contribution < -0.4 is 5.32 Å². The van der Waals surface area contributed by atoms with Crippen molar-refractivity contribution in [2.45, 2.75) is 25.9 Å². The molecule has 0 spiro atoms. The van der Waals surface area contributed by atoms with E-state index >= 15 is 0 Å². The number of carbonyl (C=O) groups excluding carboxylic acids is 1. The second kappa shape index (κ2) is 7.93. The van der Waals surface area contributed by atoms with E-state index in [4.69, 9.17) is 0 Å². The van der Waals surface area contributed by atoms with Gasteiger partial charge in [-0.15, -0.1) is 0 Å². The molecule has 3 nitrogen and oxygen atoms in total. The van der Waals surface area contributed by atoms with Crippen LogP contribution in [0.2, 0.25) is 0 Å². The zero-order valence-corrected chi connectivity index (χ0v) is 13.4. The van der Waals surface area contributed by atoms with Gasteiger partial charge in [0.15, 0.2) is 0 Å². The molecule has 2 aromatic rings. The van der Waals surface area contributed by atoms with Crippen LogP contribution in [0.1, 0.15) is 24.0 Å². The number of hydrogen-bond acceptors (Lipinski definition) is 2. The van der Waals surface area contributed by atoms with Gasteiger partial charge in [0.1, 0.15) is 0 Å². The zero-order chi connectivity index (χ0) is 15.9. The second-order valence-electron chi connectivity index (χ2n) is 6.19. The molecular weight excluding hydrogens is 284 g/mol. The van der Waals surface area contributed by atoms with Crippen molar-refractivity contribution < 1.29 is 4.79 Å².